The molecule has 6 nitrogen and oxygen atoms in total. The Morgan fingerprint density at radius 3 is 1.89 bits per heavy atom. The Labute approximate surface area is 73.4 Å². The molecule has 48 valence electrons. The molecule has 0 radical (unpaired) electrons. The number of hydrogen-bond donors (Lipinski definition) is 2. The minimum Gasteiger partial charge on any atom is -0.731 e. The van der Waals surface area contributed by atoms with Crippen LogP contribution in [0.3, 0.4) is 0 Å². The number of nitrogens with one attached hydrogen (secondary N) is 1. The third-order valence-electron chi connectivity index (χ3n) is 0.212. The van der Waals surface area contributed by atoms with Gasteiger partial charge in [0.05, 0.1) is 0 Å². The van der Waals surface area contributed by atoms with Gasteiger partial charge in [0.2, 0.25) is 0 Å². The molecule has 0 aromatic carbocycles. The normalized spacial score (nSPS) is 9.44. The molecule has 0 bridgehead atoms. The molecule has 0 aliphatic heterocycles. The molecule has 0 saturated carbocycles. The second kappa shape index (κ2) is 4.07. The molecule has 8 heteroatoms. The molecular weight excluding hydrogens is 161 g/mol. The summed E-state index contributed by atoms with van der Waals surface area (Å²) < 4.78 is 28.9. The van der Waals surface area contributed by atoms with E-state index < -0.39 is 16.4 Å². The van der Waals surface area contributed by atoms with Gasteiger partial charge in [-0.1, -0.05) is 0 Å². The molecule has 0 rings (SSSR count). The van der Waals surface area contributed by atoms with Crippen molar-refractivity contribution in [3.8, 4) is 0 Å². The van der Waals surface area contributed by atoms with E-state index in [9.17, 15) is 17.8 Å². The van der Waals surface area contributed by atoms with Crippen LogP contribution in [0.2, 0.25) is 0 Å². The first-order valence-electron chi connectivity index (χ1n) is 1.38. The Morgan fingerprint density at radius 1 is 1.56 bits per heavy atom. The van der Waals surface area contributed by atoms with E-state index in [1.807, 2.05) is 0 Å². The van der Waals surface area contributed by atoms with Gasteiger partial charge < -0.3 is 9.66 Å². The summed E-state index contributed by atoms with van der Waals surface area (Å²) in [7, 11) is -4.82. The summed E-state index contributed by atoms with van der Waals surface area (Å²) >= 11 is 0. The first-order chi connectivity index (χ1) is 3.42. The van der Waals surface area contributed by atoms with Gasteiger partial charge in [0.25, 0.3) is 0 Å². The van der Waals surface area contributed by atoms with Gasteiger partial charge in [-0.3, -0.25) is 0 Å². The summed E-state index contributed by atoms with van der Waals surface area (Å²) in [6.45, 7) is 0. The first kappa shape index (κ1) is 11.9. The van der Waals surface area contributed by atoms with Crippen molar-refractivity contribution in [3.63, 3.8) is 0 Å². The summed E-state index contributed by atoms with van der Waals surface area (Å²) in [5.74, 6) is 0. The molecule has 1 amide bonds. The zero-order valence-electron chi connectivity index (χ0n) is 4.49. The molecule has 0 spiro atoms. The molecule has 0 heterocycles. The van der Waals surface area contributed by atoms with Gasteiger partial charge >= 0.3 is 35.7 Å². The van der Waals surface area contributed by atoms with Crippen molar-refractivity contribution in [2.45, 2.75) is 0 Å². The molecular formula is CH2NNaO5S. The minimum absolute atomic E-state index is 0. The Hall–Kier alpha value is 0.180. The number of rotatable bonds is 1. The van der Waals surface area contributed by atoms with Crippen molar-refractivity contribution in [1.29, 1.82) is 0 Å². The van der Waals surface area contributed by atoms with Crippen molar-refractivity contribution >= 4 is 16.4 Å². The minimum atomic E-state index is -4.82. The fraction of sp³-hybridized carbons (Fsp3) is 0. The van der Waals surface area contributed by atoms with Crippen LogP contribution in [0.1, 0.15) is 0 Å². The molecule has 0 aromatic heterocycles. The van der Waals surface area contributed by atoms with Crippen molar-refractivity contribution in [3.05, 3.63) is 0 Å². The van der Waals surface area contributed by atoms with Gasteiger partial charge in [0.1, 0.15) is 0 Å². The SMILES string of the molecule is O=C(O)NS(=O)(=O)[O-].[Na+]. The fourth-order valence-corrected chi connectivity index (χ4v) is 0.321. The molecule has 0 atom stereocenters. The second-order valence-electron chi connectivity index (χ2n) is 0.861. The van der Waals surface area contributed by atoms with Crippen LogP contribution in [0.4, 0.5) is 4.79 Å². The van der Waals surface area contributed by atoms with Crippen LogP contribution in [0, 0.1) is 0 Å². The van der Waals surface area contributed by atoms with E-state index in [-0.39, 0.29) is 29.6 Å². The van der Waals surface area contributed by atoms with Crippen LogP contribution < -0.4 is 34.3 Å². The second-order valence-corrected chi connectivity index (χ2v) is 1.97. The van der Waals surface area contributed by atoms with E-state index in [1.54, 1.807) is 0 Å². The van der Waals surface area contributed by atoms with E-state index in [1.165, 1.54) is 0 Å². The van der Waals surface area contributed by atoms with Crippen molar-refractivity contribution < 1.29 is 52.4 Å². The maximum Gasteiger partial charge on any atom is 1.00 e. The standard InChI is InChI=1S/CH3NO5S.Na/c3-1(4)2-8(5,6)7;/h2H,(H,3,4)(H,5,6,7);/q;+1/p-1. The Bertz CT molecular complexity index is 183. The number of hydrogen-bond acceptors (Lipinski definition) is 4. The zero-order valence-corrected chi connectivity index (χ0v) is 7.30. The monoisotopic (exact) mass is 163 g/mol. The van der Waals surface area contributed by atoms with Crippen LogP contribution in [-0.2, 0) is 10.3 Å². The summed E-state index contributed by atoms with van der Waals surface area (Å²) in [5, 5.41) is 7.56. The van der Waals surface area contributed by atoms with E-state index in [0.29, 0.717) is 4.72 Å². The van der Waals surface area contributed by atoms with Crippen LogP contribution in [0.5, 0.6) is 0 Å². The zero-order chi connectivity index (χ0) is 6.78. The topological polar surface area (TPSA) is 107 Å². The summed E-state index contributed by atoms with van der Waals surface area (Å²) in [6, 6.07) is 0. The molecule has 9 heavy (non-hydrogen) atoms. The van der Waals surface area contributed by atoms with Gasteiger partial charge in [-0.25, -0.2) is 17.9 Å². The Morgan fingerprint density at radius 2 is 1.89 bits per heavy atom. The summed E-state index contributed by atoms with van der Waals surface area (Å²) in [5.41, 5.74) is 0. The molecule has 0 unspecified atom stereocenters. The van der Waals surface area contributed by atoms with Crippen LogP contribution in [0.25, 0.3) is 0 Å². The number of amides is 1. The average molecular weight is 163 g/mol. The average Bonchev–Trinajstić information content (AvgIpc) is 1.21. The van der Waals surface area contributed by atoms with Crippen molar-refractivity contribution in [2.24, 2.45) is 0 Å². The quantitative estimate of drug-likeness (QED) is 0.300. The predicted molar refractivity (Wildman–Crippen MR) is 20.9 cm³/mol. The Balaban J connectivity index is 0. The van der Waals surface area contributed by atoms with E-state index in [0.717, 1.165) is 0 Å². The number of carboxylic acid groups (broad SMARTS) is 1. The molecule has 0 aromatic rings. The van der Waals surface area contributed by atoms with Gasteiger partial charge in [-0.15, -0.1) is 0 Å². The van der Waals surface area contributed by atoms with E-state index in [2.05, 4.69) is 0 Å². The molecule has 0 fully saturated rings. The molecule has 0 saturated heterocycles. The predicted octanol–water partition coefficient (Wildman–Crippen LogP) is -4.28. The molecule has 0 aliphatic rings. The third-order valence-corrected chi connectivity index (χ3v) is 0.637. The maximum atomic E-state index is 9.39. The smallest absolute Gasteiger partial charge is 0.731 e. The van der Waals surface area contributed by atoms with Gasteiger partial charge in [-0.2, -0.15) is 0 Å². The number of carbonyl (C=O) groups is 1. The van der Waals surface area contributed by atoms with Crippen LogP contribution in [-0.4, -0.2) is 24.2 Å². The molecule has 0 aliphatic carbocycles. The fourth-order valence-electron chi connectivity index (χ4n) is 0.107. The van der Waals surface area contributed by atoms with Crippen LogP contribution >= 0.6 is 0 Å². The summed E-state index contributed by atoms with van der Waals surface area (Å²) in [4.78, 5) is 9.32. The van der Waals surface area contributed by atoms with E-state index >= 15 is 0 Å². The summed E-state index contributed by atoms with van der Waals surface area (Å²) in [6.07, 6.45) is -1.88. The van der Waals surface area contributed by atoms with E-state index in [4.69, 9.17) is 5.11 Å². The van der Waals surface area contributed by atoms with Crippen molar-refractivity contribution in [1.82, 2.24) is 4.72 Å². The molecule has 2 N–H and O–H groups in total. The largest absolute Gasteiger partial charge is 1.00 e. The Kier molecular flexibility index (Phi) is 5.39. The first-order valence-corrected chi connectivity index (χ1v) is 2.79. The van der Waals surface area contributed by atoms with Gasteiger partial charge in [0, 0.05) is 0 Å². The van der Waals surface area contributed by atoms with Gasteiger partial charge in [-0.05, 0) is 0 Å². The van der Waals surface area contributed by atoms with Crippen molar-refractivity contribution in [2.75, 3.05) is 0 Å². The van der Waals surface area contributed by atoms with Gasteiger partial charge in [0.15, 0.2) is 10.3 Å². The maximum absolute atomic E-state index is 9.39. The third kappa shape index (κ3) is 11.6. The van der Waals surface area contributed by atoms with Crippen LogP contribution in [0.15, 0.2) is 0 Å².